The van der Waals surface area contributed by atoms with Gasteiger partial charge in [0.25, 0.3) is 0 Å². The van der Waals surface area contributed by atoms with Gasteiger partial charge in [0.1, 0.15) is 6.04 Å². The summed E-state index contributed by atoms with van der Waals surface area (Å²) in [6.07, 6.45) is 0. The number of rotatable bonds is 5. The van der Waals surface area contributed by atoms with Gasteiger partial charge in [-0.15, -0.1) is 0 Å². The summed E-state index contributed by atoms with van der Waals surface area (Å²) in [5, 5.41) is 9.56. The van der Waals surface area contributed by atoms with Crippen molar-refractivity contribution in [2.75, 3.05) is 10.1 Å². The molecule has 0 heterocycles. The molecular weight excluding hydrogens is 290 g/mol. The van der Waals surface area contributed by atoms with Gasteiger partial charge in [0.05, 0.1) is 11.4 Å². The summed E-state index contributed by atoms with van der Waals surface area (Å²) in [5.41, 5.74) is 0.992. The van der Waals surface area contributed by atoms with E-state index in [2.05, 4.69) is 0 Å². The molecule has 0 aliphatic carbocycles. The first-order chi connectivity index (χ1) is 8.70. The van der Waals surface area contributed by atoms with Crippen molar-refractivity contribution < 1.29 is 18.3 Å². The number of halogens is 1. The van der Waals surface area contributed by atoms with E-state index in [0.29, 0.717) is 16.3 Å². The van der Waals surface area contributed by atoms with E-state index in [1.54, 1.807) is 19.1 Å². The number of benzene rings is 1. The van der Waals surface area contributed by atoms with Crippen LogP contribution in [0.2, 0.25) is 5.02 Å². The number of sulfonamides is 1. The third-order valence-electron chi connectivity index (χ3n) is 2.77. The fourth-order valence-corrected chi connectivity index (χ4v) is 3.03. The maximum Gasteiger partial charge on any atom is 0.327 e. The van der Waals surface area contributed by atoms with Crippen molar-refractivity contribution in [2.45, 2.75) is 26.8 Å². The van der Waals surface area contributed by atoms with Gasteiger partial charge in [-0.05, 0) is 44.5 Å². The van der Waals surface area contributed by atoms with E-state index in [4.69, 9.17) is 16.7 Å². The van der Waals surface area contributed by atoms with Gasteiger partial charge < -0.3 is 5.11 Å². The molecule has 0 saturated carbocycles. The van der Waals surface area contributed by atoms with Crippen molar-refractivity contribution in [3.8, 4) is 0 Å². The van der Waals surface area contributed by atoms with Crippen molar-refractivity contribution in [1.29, 1.82) is 0 Å². The first-order valence-electron chi connectivity index (χ1n) is 5.71. The molecule has 0 aromatic heterocycles. The van der Waals surface area contributed by atoms with Gasteiger partial charge in [0.15, 0.2) is 0 Å². The first-order valence-corrected chi connectivity index (χ1v) is 7.70. The van der Waals surface area contributed by atoms with Crippen LogP contribution in [0.5, 0.6) is 0 Å². The van der Waals surface area contributed by atoms with Crippen LogP contribution in [0, 0.1) is 6.92 Å². The van der Waals surface area contributed by atoms with Gasteiger partial charge in [0, 0.05) is 5.02 Å². The van der Waals surface area contributed by atoms with E-state index < -0.39 is 22.0 Å². The van der Waals surface area contributed by atoms with Crippen LogP contribution in [0.3, 0.4) is 0 Å². The molecule has 1 unspecified atom stereocenters. The number of aryl methyl sites for hydroxylation is 1. The summed E-state index contributed by atoms with van der Waals surface area (Å²) >= 11 is 5.89. The average molecular weight is 306 g/mol. The highest BCUT2D eigenvalue weighted by atomic mass is 35.5. The Kier molecular flexibility index (Phi) is 4.81. The van der Waals surface area contributed by atoms with Crippen LogP contribution < -0.4 is 4.31 Å². The van der Waals surface area contributed by atoms with Gasteiger partial charge in [-0.25, -0.2) is 13.2 Å². The Bertz CT molecular complexity index is 585. The van der Waals surface area contributed by atoms with Crippen molar-refractivity contribution in [1.82, 2.24) is 0 Å². The van der Waals surface area contributed by atoms with Gasteiger partial charge in [-0.2, -0.15) is 0 Å². The monoisotopic (exact) mass is 305 g/mol. The number of carboxylic acid groups (broad SMARTS) is 1. The lowest BCUT2D eigenvalue weighted by Crippen LogP contribution is -2.44. The van der Waals surface area contributed by atoms with Crippen molar-refractivity contribution >= 4 is 33.3 Å². The van der Waals surface area contributed by atoms with Crippen LogP contribution in [-0.2, 0) is 14.8 Å². The van der Waals surface area contributed by atoms with E-state index in [1.807, 2.05) is 0 Å². The second-order valence-electron chi connectivity index (χ2n) is 4.14. The third kappa shape index (κ3) is 3.39. The van der Waals surface area contributed by atoms with Crippen LogP contribution in [0.4, 0.5) is 5.69 Å². The van der Waals surface area contributed by atoms with Gasteiger partial charge >= 0.3 is 5.97 Å². The molecule has 5 nitrogen and oxygen atoms in total. The molecule has 0 fully saturated rings. The minimum atomic E-state index is -3.68. The summed E-state index contributed by atoms with van der Waals surface area (Å²) in [5.74, 6) is -1.38. The zero-order valence-electron chi connectivity index (χ0n) is 10.9. The minimum absolute atomic E-state index is 0.174. The average Bonchev–Trinajstić information content (AvgIpc) is 2.33. The smallest absolute Gasteiger partial charge is 0.327 e. The van der Waals surface area contributed by atoms with E-state index in [-0.39, 0.29) is 5.75 Å². The lowest BCUT2D eigenvalue weighted by atomic mass is 10.2. The maximum atomic E-state index is 12.1. The number of carbonyl (C=O) groups is 1. The quantitative estimate of drug-likeness (QED) is 0.905. The summed E-state index contributed by atoms with van der Waals surface area (Å²) in [6, 6.07) is 3.45. The standard InChI is InChI=1S/C12H16ClNO4S/c1-4-19(17,18)14(9(3)12(15)16)10-5-6-11(13)8(2)7-10/h5-7,9H,4H2,1-3H3,(H,15,16). The number of hydrogen-bond acceptors (Lipinski definition) is 3. The molecule has 1 rings (SSSR count). The van der Waals surface area contributed by atoms with E-state index in [1.165, 1.54) is 19.9 Å². The van der Waals surface area contributed by atoms with Crippen LogP contribution in [0.1, 0.15) is 19.4 Å². The van der Waals surface area contributed by atoms with E-state index in [9.17, 15) is 13.2 Å². The molecule has 106 valence electrons. The molecule has 0 amide bonds. The van der Waals surface area contributed by atoms with Crippen LogP contribution in [0.15, 0.2) is 18.2 Å². The highest BCUT2D eigenvalue weighted by Gasteiger charge is 2.30. The molecule has 0 aliphatic rings. The number of anilines is 1. The fraction of sp³-hybridized carbons (Fsp3) is 0.417. The Morgan fingerprint density at radius 3 is 2.47 bits per heavy atom. The second kappa shape index (κ2) is 5.79. The summed E-state index contributed by atoms with van der Waals surface area (Å²) in [6.45, 7) is 4.53. The van der Waals surface area contributed by atoms with E-state index >= 15 is 0 Å². The predicted octanol–water partition coefficient (Wildman–Crippen LogP) is 2.28. The molecule has 1 aromatic carbocycles. The van der Waals surface area contributed by atoms with E-state index in [0.717, 1.165) is 4.31 Å². The molecule has 0 saturated heterocycles. The second-order valence-corrected chi connectivity index (χ2v) is 6.69. The molecule has 19 heavy (non-hydrogen) atoms. The largest absolute Gasteiger partial charge is 0.480 e. The van der Waals surface area contributed by atoms with Gasteiger partial charge in [-0.3, -0.25) is 4.31 Å². The van der Waals surface area contributed by atoms with Crippen LogP contribution in [0.25, 0.3) is 0 Å². The Morgan fingerprint density at radius 1 is 1.47 bits per heavy atom. The van der Waals surface area contributed by atoms with Gasteiger partial charge in [0.2, 0.25) is 10.0 Å². The van der Waals surface area contributed by atoms with Crippen LogP contribution >= 0.6 is 11.6 Å². The first kappa shape index (κ1) is 15.8. The number of aliphatic carboxylic acids is 1. The molecular formula is C12H16ClNO4S. The Morgan fingerprint density at radius 2 is 2.05 bits per heavy atom. The normalized spacial score (nSPS) is 13.1. The third-order valence-corrected chi connectivity index (χ3v) is 5.05. The summed E-state index contributed by atoms with van der Waals surface area (Å²) < 4.78 is 25.1. The molecule has 0 spiro atoms. The molecule has 0 radical (unpaired) electrons. The predicted molar refractivity (Wildman–Crippen MR) is 75.2 cm³/mol. The SMILES string of the molecule is CCS(=O)(=O)N(c1ccc(Cl)c(C)c1)C(C)C(=O)O. The summed E-state index contributed by atoms with van der Waals surface area (Å²) in [7, 11) is -3.68. The molecule has 1 aromatic rings. The topological polar surface area (TPSA) is 74.7 Å². The lowest BCUT2D eigenvalue weighted by Gasteiger charge is -2.27. The number of nitrogens with zero attached hydrogens (tertiary/aromatic N) is 1. The number of hydrogen-bond donors (Lipinski definition) is 1. The Hall–Kier alpha value is -1.27. The fourth-order valence-electron chi connectivity index (χ4n) is 1.63. The highest BCUT2D eigenvalue weighted by Crippen LogP contribution is 2.26. The van der Waals surface area contributed by atoms with Crippen LogP contribution in [-0.4, -0.2) is 31.3 Å². The Balaban J connectivity index is 3.39. The number of carboxylic acids is 1. The highest BCUT2D eigenvalue weighted by molar-refractivity contribution is 7.92. The zero-order valence-corrected chi connectivity index (χ0v) is 12.5. The lowest BCUT2D eigenvalue weighted by molar-refractivity contribution is -0.137. The zero-order chi connectivity index (χ0) is 14.8. The molecule has 0 aliphatic heterocycles. The molecule has 0 bridgehead atoms. The minimum Gasteiger partial charge on any atom is -0.480 e. The van der Waals surface area contributed by atoms with Crippen molar-refractivity contribution in [2.24, 2.45) is 0 Å². The van der Waals surface area contributed by atoms with Gasteiger partial charge in [-0.1, -0.05) is 11.6 Å². The molecule has 1 atom stereocenters. The Labute approximate surface area is 117 Å². The van der Waals surface area contributed by atoms with Crippen molar-refractivity contribution in [3.63, 3.8) is 0 Å². The maximum absolute atomic E-state index is 12.1. The summed E-state index contributed by atoms with van der Waals surface area (Å²) in [4.78, 5) is 11.1. The molecule has 1 N–H and O–H groups in total. The molecule has 7 heteroatoms. The van der Waals surface area contributed by atoms with Crippen molar-refractivity contribution in [3.05, 3.63) is 28.8 Å².